The van der Waals surface area contributed by atoms with Gasteiger partial charge in [0.2, 0.25) is 17.2 Å². The molecule has 0 saturated carbocycles. The van der Waals surface area contributed by atoms with E-state index in [0.29, 0.717) is 17.8 Å². The predicted octanol–water partition coefficient (Wildman–Crippen LogP) is 2.18. The summed E-state index contributed by atoms with van der Waals surface area (Å²) >= 11 is 5.91. The molecule has 0 aliphatic carbocycles. The van der Waals surface area contributed by atoms with Crippen LogP contribution in [-0.2, 0) is 4.74 Å². The summed E-state index contributed by atoms with van der Waals surface area (Å²) in [5, 5.41) is 6.58. The lowest BCUT2D eigenvalue weighted by atomic mass is 10.0. The van der Waals surface area contributed by atoms with Crippen LogP contribution in [0.15, 0.2) is 0 Å². The quantitative estimate of drug-likeness (QED) is 0.835. The zero-order chi connectivity index (χ0) is 13.7. The molecule has 1 aliphatic rings. The first-order valence-electron chi connectivity index (χ1n) is 6.68. The number of hydrogen-bond acceptors (Lipinski definition) is 6. The third-order valence-electron chi connectivity index (χ3n) is 3.17. The van der Waals surface area contributed by atoms with Crippen molar-refractivity contribution < 1.29 is 4.74 Å². The van der Waals surface area contributed by atoms with Crippen LogP contribution in [0.3, 0.4) is 0 Å². The fourth-order valence-electron chi connectivity index (χ4n) is 2.00. The van der Waals surface area contributed by atoms with Gasteiger partial charge in [-0.3, -0.25) is 0 Å². The van der Waals surface area contributed by atoms with Crippen molar-refractivity contribution in [2.24, 2.45) is 5.92 Å². The molecule has 2 N–H and O–H groups in total. The number of rotatable bonds is 6. The number of ether oxygens (including phenoxy) is 1. The van der Waals surface area contributed by atoms with Crippen molar-refractivity contribution in [2.45, 2.75) is 32.7 Å². The van der Waals surface area contributed by atoms with Gasteiger partial charge in [-0.2, -0.15) is 15.0 Å². The van der Waals surface area contributed by atoms with E-state index in [4.69, 9.17) is 16.3 Å². The molecule has 0 radical (unpaired) electrons. The highest BCUT2D eigenvalue weighted by Gasteiger charge is 2.23. The molecule has 0 bridgehead atoms. The molecule has 1 aromatic heterocycles. The van der Waals surface area contributed by atoms with Gasteiger partial charge in [0, 0.05) is 25.1 Å². The third-order valence-corrected chi connectivity index (χ3v) is 3.34. The Bertz CT molecular complexity index is 411. The van der Waals surface area contributed by atoms with Crippen molar-refractivity contribution >= 4 is 23.5 Å². The van der Waals surface area contributed by atoms with E-state index in [2.05, 4.69) is 39.4 Å². The van der Waals surface area contributed by atoms with E-state index in [1.54, 1.807) is 0 Å². The van der Waals surface area contributed by atoms with Crippen molar-refractivity contribution in [2.75, 3.05) is 30.4 Å². The molecule has 0 aromatic carbocycles. The summed E-state index contributed by atoms with van der Waals surface area (Å²) in [5.74, 6) is 1.51. The van der Waals surface area contributed by atoms with Crippen molar-refractivity contribution in [3.63, 3.8) is 0 Å². The number of anilines is 2. The van der Waals surface area contributed by atoms with E-state index < -0.39 is 0 Å². The van der Waals surface area contributed by atoms with E-state index in [1.807, 2.05) is 0 Å². The Balaban J connectivity index is 2.00. The van der Waals surface area contributed by atoms with Crippen molar-refractivity contribution in [1.82, 2.24) is 15.0 Å². The molecule has 106 valence electrons. The Morgan fingerprint density at radius 1 is 1.37 bits per heavy atom. The second-order valence-electron chi connectivity index (χ2n) is 4.74. The summed E-state index contributed by atoms with van der Waals surface area (Å²) in [6.45, 7) is 6.62. The number of halogens is 1. The lowest BCUT2D eigenvalue weighted by Crippen LogP contribution is -2.27. The maximum absolute atomic E-state index is 5.91. The van der Waals surface area contributed by atoms with E-state index in [9.17, 15) is 0 Å². The lowest BCUT2D eigenvalue weighted by molar-refractivity contribution is 0.183. The van der Waals surface area contributed by atoms with E-state index in [1.165, 1.54) is 0 Å². The highest BCUT2D eigenvalue weighted by atomic mass is 35.5. The molecule has 19 heavy (non-hydrogen) atoms. The predicted molar refractivity (Wildman–Crippen MR) is 75.6 cm³/mol. The highest BCUT2D eigenvalue weighted by Crippen LogP contribution is 2.19. The van der Waals surface area contributed by atoms with Crippen LogP contribution >= 0.6 is 11.6 Å². The van der Waals surface area contributed by atoms with Crippen LogP contribution in [0, 0.1) is 5.92 Å². The molecule has 0 amide bonds. The molecule has 2 heterocycles. The molecule has 0 spiro atoms. The van der Waals surface area contributed by atoms with Gasteiger partial charge in [0.05, 0.1) is 6.61 Å². The summed E-state index contributed by atoms with van der Waals surface area (Å²) in [4.78, 5) is 12.5. The summed E-state index contributed by atoms with van der Waals surface area (Å²) in [7, 11) is 0. The van der Waals surface area contributed by atoms with Gasteiger partial charge in [0.15, 0.2) is 0 Å². The monoisotopic (exact) mass is 285 g/mol. The largest absolute Gasteiger partial charge is 0.381 e. The second kappa shape index (κ2) is 6.86. The Morgan fingerprint density at radius 3 is 2.84 bits per heavy atom. The highest BCUT2D eigenvalue weighted by molar-refractivity contribution is 6.28. The molecule has 1 aromatic rings. The second-order valence-corrected chi connectivity index (χ2v) is 5.07. The SMILES string of the molecule is CCCNc1nc(Cl)nc(NC(C)C2CCOC2)n1. The van der Waals surface area contributed by atoms with Gasteiger partial charge in [-0.05, 0) is 31.4 Å². The number of nitrogens with zero attached hydrogens (tertiary/aromatic N) is 3. The zero-order valence-corrected chi connectivity index (χ0v) is 12.1. The Kier molecular flexibility index (Phi) is 5.15. The fraction of sp³-hybridized carbons (Fsp3) is 0.750. The first-order valence-corrected chi connectivity index (χ1v) is 7.06. The molecule has 2 rings (SSSR count). The summed E-state index contributed by atoms with van der Waals surface area (Å²) in [6.07, 6.45) is 2.07. The van der Waals surface area contributed by atoms with E-state index >= 15 is 0 Å². The molecule has 1 saturated heterocycles. The standard InChI is InChI=1S/C12H20ClN5O/c1-3-5-14-11-16-10(13)17-12(18-11)15-8(2)9-4-6-19-7-9/h8-9H,3-7H2,1-2H3,(H2,14,15,16,17,18). The summed E-state index contributed by atoms with van der Waals surface area (Å²) in [6, 6.07) is 0.250. The van der Waals surface area contributed by atoms with Gasteiger partial charge in [0.1, 0.15) is 0 Å². The first-order chi connectivity index (χ1) is 9.19. The van der Waals surface area contributed by atoms with Crippen LogP contribution in [0.2, 0.25) is 5.28 Å². The van der Waals surface area contributed by atoms with Gasteiger partial charge in [-0.25, -0.2) is 0 Å². The average molecular weight is 286 g/mol. The zero-order valence-electron chi connectivity index (χ0n) is 11.3. The van der Waals surface area contributed by atoms with Crippen LogP contribution in [-0.4, -0.2) is 40.8 Å². The molecule has 7 heteroatoms. The number of nitrogens with one attached hydrogen (secondary N) is 2. The molecule has 1 aliphatic heterocycles. The topological polar surface area (TPSA) is 72.0 Å². The van der Waals surface area contributed by atoms with Crippen LogP contribution in [0.5, 0.6) is 0 Å². The van der Waals surface area contributed by atoms with E-state index in [0.717, 1.165) is 32.6 Å². The van der Waals surface area contributed by atoms with E-state index in [-0.39, 0.29) is 11.3 Å². The van der Waals surface area contributed by atoms with Crippen LogP contribution < -0.4 is 10.6 Å². The Labute approximate surface area is 118 Å². The third kappa shape index (κ3) is 4.18. The van der Waals surface area contributed by atoms with Crippen molar-refractivity contribution in [1.29, 1.82) is 0 Å². The van der Waals surface area contributed by atoms with Crippen LogP contribution in [0.25, 0.3) is 0 Å². The lowest BCUT2D eigenvalue weighted by Gasteiger charge is -2.19. The molecule has 6 nitrogen and oxygen atoms in total. The van der Waals surface area contributed by atoms with Gasteiger partial charge >= 0.3 is 0 Å². The minimum Gasteiger partial charge on any atom is -0.381 e. The maximum atomic E-state index is 5.91. The van der Waals surface area contributed by atoms with Crippen LogP contribution in [0.4, 0.5) is 11.9 Å². The summed E-state index contributed by atoms with van der Waals surface area (Å²) < 4.78 is 5.38. The molecular formula is C12H20ClN5O. The van der Waals surface area contributed by atoms with Crippen LogP contribution in [0.1, 0.15) is 26.7 Å². The van der Waals surface area contributed by atoms with Gasteiger partial charge in [0.25, 0.3) is 0 Å². The first kappa shape index (κ1) is 14.3. The molecule has 2 unspecified atom stereocenters. The summed E-state index contributed by atoms with van der Waals surface area (Å²) in [5.41, 5.74) is 0. The minimum absolute atomic E-state index is 0.200. The molecular weight excluding hydrogens is 266 g/mol. The van der Waals surface area contributed by atoms with Gasteiger partial charge in [-0.15, -0.1) is 0 Å². The maximum Gasteiger partial charge on any atom is 0.229 e. The molecule has 2 atom stereocenters. The normalized spacial score (nSPS) is 20.3. The van der Waals surface area contributed by atoms with Crippen molar-refractivity contribution in [3.05, 3.63) is 5.28 Å². The average Bonchev–Trinajstić information content (AvgIpc) is 2.89. The number of hydrogen-bond donors (Lipinski definition) is 2. The van der Waals surface area contributed by atoms with Gasteiger partial charge in [-0.1, -0.05) is 6.92 Å². The minimum atomic E-state index is 0.200. The van der Waals surface area contributed by atoms with Crippen molar-refractivity contribution in [3.8, 4) is 0 Å². The Hall–Kier alpha value is -1.14. The Morgan fingerprint density at radius 2 is 2.16 bits per heavy atom. The molecule has 1 fully saturated rings. The smallest absolute Gasteiger partial charge is 0.229 e. The fourth-order valence-corrected chi connectivity index (χ4v) is 2.16. The number of aromatic nitrogens is 3. The van der Waals surface area contributed by atoms with Gasteiger partial charge < -0.3 is 15.4 Å².